The second kappa shape index (κ2) is 4.95. The van der Waals surface area contributed by atoms with Gasteiger partial charge in [0.05, 0.1) is 17.1 Å². The predicted octanol–water partition coefficient (Wildman–Crippen LogP) is 3.16. The molecule has 1 atom stereocenters. The Bertz CT molecular complexity index is 944. The highest BCUT2D eigenvalue weighted by atomic mass is 19.1. The summed E-state index contributed by atoms with van der Waals surface area (Å²) in [4.78, 5) is 15.8. The second-order valence-electron chi connectivity index (χ2n) is 5.30. The number of halogens is 1. The number of nitrogens with zero attached hydrogens (tertiary/aromatic N) is 2. The Morgan fingerprint density at radius 2 is 1.91 bits per heavy atom. The van der Waals surface area contributed by atoms with E-state index in [0.29, 0.717) is 5.95 Å². The molecule has 0 saturated carbocycles. The van der Waals surface area contributed by atoms with E-state index in [1.165, 1.54) is 12.1 Å². The van der Waals surface area contributed by atoms with Crippen molar-refractivity contribution < 1.29 is 14.3 Å². The number of benzene rings is 2. The van der Waals surface area contributed by atoms with Gasteiger partial charge in [0.15, 0.2) is 0 Å². The number of imidazole rings is 1. The van der Waals surface area contributed by atoms with E-state index in [9.17, 15) is 14.3 Å². The molecule has 1 aromatic heterocycles. The Balaban J connectivity index is 1.95. The number of hydrogen-bond donors (Lipinski definition) is 2. The van der Waals surface area contributed by atoms with Gasteiger partial charge in [0.25, 0.3) is 0 Å². The molecule has 0 fully saturated rings. The van der Waals surface area contributed by atoms with E-state index in [1.807, 2.05) is 28.8 Å². The van der Waals surface area contributed by atoms with Crippen molar-refractivity contribution in [3.05, 3.63) is 71.7 Å². The molecule has 0 spiro atoms. The standard InChI is InChI=1S/C17H12FN3O2/c18-11-7-5-10(6-8-11)15-9-13(16(22)23)20-17-19-12-3-1-2-4-14(12)21(15)17/h1-9,15H,(H,19,20)(H,22,23)/t15-/m0/s1. The number of para-hydroxylation sites is 2. The van der Waals surface area contributed by atoms with Crippen LogP contribution in [0.2, 0.25) is 0 Å². The highest BCUT2D eigenvalue weighted by Crippen LogP contribution is 2.34. The summed E-state index contributed by atoms with van der Waals surface area (Å²) >= 11 is 0. The number of hydrogen-bond acceptors (Lipinski definition) is 3. The van der Waals surface area contributed by atoms with Crippen LogP contribution in [0.3, 0.4) is 0 Å². The summed E-state index contributed by atoms with van der Waals surface area (Å²) in [6, 6.07) is 13.2. The first-order chi connectivity index (χ1) is 11.1. The molecule has 0 saturated heterocycles. The van der Waals surface area contributed by atoms with E-state index in [4.69, 9.17) is 0 Å². The van der Waals surface area contributed by atoms with Crippen molar-refractivity contribution in [1.82, 2.24) is 9.55 Å². The van der Waals surface area contributed by atoms with E-state index in [2.05, 4.69) is 10.3 Å². The lowest BCUT2D eigenvalue weighted by molar-refractivity contribution is -0.132. The Morgan fingerprint density at radius 1 is 1.17 bits per heavy atom. The minimum atomic E-state index is -1.06. The maximum atomic E-state index is 13.2. The van der Waals surface area contributed by atoms with Gasteiger partial charge in [-0.25, -0.2) is 14.2 Å². The van der Waals surface area contributed by atoms with Crippen LogP contribution in [0.25, 0.3) is 11.0 Å². The molecule has 0 amide bonds. The fraction of sp³-hybridized carbons (Fsp3) is 0.0588. The van der Waals surface area contributed by atoms with Gasteiger partial charge in [-0.3, -0.25) is 4.57 Å². The van der Waals surface area contributed by atoms with Crippen LogP contribution in [-0.4, -0.2) is 20.6 Å². The number of carboxylic acids is 1. The molecule has 0 aliphatic carbocycles. The van der Waals surface area contributed by atoms with Gasteiger partial charge in [-0.1, -0.05) is 24.3 Å². The zero-order chi connectivity index (χ0) is 16.0. The number of aromatic nitrogens is 2. The maximum Gasteiger partial charge on any atom is 0.352 e. The number of aliphatic carboxylic acids is 1. The number of rotatable bonds is 2. The molecular weight excluding hydrogens is 297 g/mol. The SMILES string of the molecule is O=C(O)C1=C[C@@H](c2ccc(F)cc2)n2c(nc3ccccc32)N1. The summed E-state index contributed by atoms with van der Waals surface area (Å²) in [7, 11) is 0. The van der Waals surface area contributed by atoms with Gasteiger partial charge in [0, 0.05) is 0 Å². The molecule has 23 heavy (non-hydrogen) atoms. The highest BCUT2D eigenvalue weighted by Gasteiger charge is 2.26. The lowest BCUT2D eigenvalue weighted by Crippen LogP contribution is -2.23. The third-order valence-corrected chi connectivity index (χ3v) is 3.89. The van der Waals surface area contributed by atoms with Crippen molar-refractivity contribution in [2.75, 3.05) is 5.32 Å². The number of carboxylic acid groups (broad SMARTS) is 1. The molecule has 3 aromatic rings. The number of carbonyl (C=O) groups is 1. The van der Waals surface area contributed by atoms with Crippen molar-refractivity contribution in [2.45, 2.75) is 6.04 Å². The van der Waals surface area contributed by atoms with Crippen molar-refractivity contribution in [3.8, 4) is 0 Å². The normalized spacial score (nSPS) is 16.6. The lowest BCUT2D eigenvalue weighted by Gasteiger charge is -2.24. The Labute approximate surface area is 130 Å². The molecule has 2 heterocycles. The van der Waals surface area contributed by atoms with Crippen LogP contribution in [-0.2, 0) is 4.79 Å². The zero-order valence-electron chi connectivity index (χ0n) is 11.9. The number of fused-ring (bicyclic) bond motifs is 3. The molecule has 2 aromatic carbocycles. The van der Waals surface area contributed by atoms with Gasteiger partial charge in [-0.2, -0.15) is 0 Å². The van der Waals surface area contributed by atoms with Crippen molar-refractivity contribution in [3.63, 3.8) is 0 Å². The van der Waals surface area contributed by atoms with E-state index in [1.54, 1.807) is 18.2 Å². The Kier molecular flexibility index (Phi) is 2.90. The van der Waals surface area contributed by atoms with Gasteiger partial charge in [0.2, 0.25) is 5.95 Å². The van der Waals surface area contributed by atoms with Crippen LogP contribution in [0.15, 0.2) is 60.3 Å². The molecule has 1 aliphatic heterocycles. The first-order valence-electron chi connectivity index (χ1n) is 7.08. The average molecular weight is 309 g/mol. The van der Waals surface area contributed by atoms with Crippen molar-refractivity contribution in [1.29, 1.82) is 0 Å². The molecule has 4 rings (SSSR count). The van der Waals surface area contributed by atoms with Gasteiger partial charge < -0.3 is 10.4 Å². The third-order valence-electron chi connectivity index (χ3n) is 3.89. The topological polar surface area (TPSA) is 67.1 Å². The minimum absolute atomic E-state index is 0.0575. The Morgan fingerprint density at radius 3 is 2.65 bits per heavy atom. The number of nitrogens with one attached hydrogen (secondary N) is 1. The quantitative estimate of drug-likeness (QED) is 0.763. The molecule has 0 bridgehead atoms. The van der Waals surface area contributed by atoms with Crippen molar-refractivity contribution >= 4 is 23.0 Å². The first kappa shape index (κ1) is 13.5. The molecular formula is C17H12FN3O2. The van der Waals surface area contributed by atoms with E-state index in [-0.39, 0.29) is 17.6 Å². The molecule has 2 N–H and O–H groups in total. The summed E-state index contributed by atoms with van der Waals surface area (Å²) in [6.07, 6.45) is 1.61. The van der Waals surface area contributed by atoms with Crippen LogP contribution in [0.5, 0.6) is 0 Å². The van der Waals surface area contributed by atoms with Gasteiger partial charge in [0.1, 0.15) is 11.5 Å². The minimum Gasteiger partial charge on any atom is -0.477 e. The smallest absolute Gasteiger partial charge is 0.352 e. The highest BCUT2D eigenvalue weighted by molar-refractivity contribution is 5.92. The summed E-state index contributed by atoms with van der Waals surface area (Å²) in [5, 5.41) is 12.2. The molecule has 114 valence electrons. The molecule has 1 aliphatic rings. The van der Waals surface area contributed by atoms with E-state index < -0.39 is 5.97 Å². The van der Waals surface area contributed by atoms with Crippen LogP contribution in [0.4, 0.5) is 10.3 Å². The number of anilines is 1. The molecule has 6 heteroatoms. The monoisotopic (exact) mass is 309 g/mol. The van der Waals surface area contributed by atoms with Crippen LogP contribution in [0.1, 0.15) is 11.6 Å². The molecule has 0 radical (unpaired) electrons. The predicted molar refractivity (Wildman–Crippen MR) is 83.6 cm³/mol. The number of allylic oxidation sites excluding steroid dienone is 1. The second-order valence-corrected chi connectivity index (χ2v) is 5.30. The fourth-order valence-corrected chi connectivity index (χ4v) is 2.84. The largest absolute Gasteiger partial charge is 0.477 e. The van der Waals surface area contributed by atoms with Crippen LogP contribution >= 0.6 is 0 Å². The summed E-state index contributed by atoms with van der Waals surface area (Å²) in [5.74, 6) is -0.934. The maximum absolute atomic E-state index is 13.2. The summed E-state index contributed by atoms with van der Waals surface area (Å²) < 4.78 is 15.1. The van der Waals surface area contributed by atoms with Crippen LogP contribution < -0.4 is 5.32 Å². The zero-order valence-corrected chi connectivity index (χ0v) is 11.9. The fourth-order valence-electron chi connectivity index (χ4n) is 2.84. The molecule has 5 nitrogen and oxygen atoms in total. The summed E-state index contributed by atoms with van der Waals surface area (Å²) in [6.45, 7) is 0. The van der Waals surface area contributed by atoms with E-state index >= 15 is 0 Å². The van der Waals surface area contributed by atoms with Crippen LogP contribution in [0, 0.1) is 5.82 Å². The van der Waals surface area contributed by atoms with Gasteiger partial charge >= 0.3 is 5.97 Å². The van der Waals surface area contributed by atoms with E-state index in [0.717, 1.165) is 16.6 Å². The van der Waals surface area contributed by atoms with Gasteiger partial charge in [-0.05, 0) is 35.9 Å². The summed E-state index contributed by atoms with van der Waals surface area (Å²) in [5.41, 5.74) is 2.49. The van der Waals surface area contributed by atoms with Gasteiger partial charge in [-0.15, -0.1) is 0 Å². The average Bonchev–Trinajstić information content (AvgIpc) is 2.93. The first-order valence-corrected chi connectivity index (χ1v) is 7.08. The Hall–Kier alpha value is -3.15. The third kappa shape index (κ3) is 2.15. The molecule has 0 unspecified atom stereocenters. The van der Waals surface area contributed by atoms with Crippen molar-refractivity contribution in [2.24, 2.45) is 0 Å². The lowest BCUT2D eigenvalue weighted by atomic mass is 10.0.